The first-order chi connectivity index (χ1) is 12.4. The topological polar surface area (TPSA) is 26.8 Å². The van der Waals surface area contributed by atoms with Crippen molar-refractivity contribution in [3.63, 3.8) is 0 Å². The van der Waals surface area contributed by atoms with E-state index in [1.807, 2.05) is 18.2 Å². The molecule has 0 N–H and O–H groups in total. The molecule has 1 amide bonds. The Balaban J connectivity index is 1.39. The van der Waals surface area contributed by atoms with Crippen molar-refractivity contribution < 1.29 is 4.79 Å². The summed E-state index contributed by atoms with van der Waals surface area (Å²) in [6.07, 6.45) is 3.93. The van der Waals surface area contributed by atoms with Crippen LogP contribution >= 0.6 is 11.6 Å². The molecule has 0 atom stereocenters. The Labute approximate surface area is 163 Å². The van der Waals surface area contributed by atoms with Crippen LogP contribution < -0.4 is 4.90 Å². The number of halogens is 1. The van der Waals surface area contributed by atoms with Crippen molar-refractivity contribution >= 4 is 23.2 Å². The molecule has 0 aliphatic carbocycles. The SMILES string of the molecule is CC1(C)CCC(=O)N(CCCN2CCN(c3cccc(Cl)c3)CC2)CC1. The largest absolute Gasteiger partial charge is 0.369 e. The maximum atomic E-state index is 12.3. The van der Waals surface area contributed by atoms with Crippen molar-refractivity contribution in [2.75, 3.05) is 50.7 Å². The van der Waals surface area contributed by atoms with E-state index in [1.54, 1.807) is 0 Å². The lowest BCUT2D eigenvalue weighted by Crippen LogP contribution is -2.47. The number of carbonyl (C=O) groups is 1. The van der Waals surface area contributed by atoms with Crippen molar-refractivity contribution in [1.29, 1.82) is 0 Å². The maximum Gasteiger partial charge on any atom is 0.222 e. The molecule has 2 heterocycles. The summed E-state index contributed by atoms with van der Waals surface area (Å²) >= 11 is 6.11. The van der Waals surface area contributed by atoms with Crippen molar-refractivity contribution in [2.24, 2.45) is 5.41 Å². The average Bonchev–Trinajstić information content (AvgIpc) is 2.75. The smallest absolute Gasteiger partial charge is 0.222 e. The average molecular weight is 378 g/mol. The van der Waals surface area contributed by atoms with Crippen LogP contribution in [0.15, 0.2) is 24.3 Å². The number of carbonyl (C=O) groups excluding carboxylic acids is 1. The van der Waals surface area contributed by atoms with Gasteiger partial charge in [-0.05, 0) is 49.4 Å². The summed E-state index contributed by atoms with van der Waals surface area (Å²) in [5, 5.41) is 0.801. The monoisotopic (exact) mass is 377 g/mol. The van der Waals surface area contributed by atoms with E-state index in [0.29, 0.717) is 17.7 Å². The van der Waals surface area contributed by atoms with Gasteiger partial charge in [0.15, 0.2) is 0 Å². The molecule has 1 aromatic carbocycles. The number of rotatable bonds is 5. The first-order valence-corrected chi connectivity index (χ1v) is 10.3. The third-order valence-corrected chi connectivity index (χ3v) is 6.11. The van der Waals surface area contributed by atoms with Gasteiger partial charge in [-0.15, -0.1) is 0 Å². The lowest BCUT2D eigenvalue weighted by Gasteiger charge is -2.36. The Hall–Kier alpha value is -1.26. The summed E-state index contributed by atoms with van der Waals surface area (Å²) in [6, 6.07) is 8.12. The lowest BCUT2D eigenvalue weighted by molar-refractivity contribution is -0.130. The van der Waals surface area contributed by atoms with Gasteiger partial charge in [0.2, 0.25) is 5.91 Å². The Bertz CT molecular complexity index is 611. The van der Waals surface area contributed by atoms with E-state index >= 15 is 0 Å². The van der Waals surface area contributed by atoms with Gasteiger partial charge in [0.05, 0.1) is 0 Å². The zero-order chi connectivity index (χ0) is 18.6. The van der Waals surface area contributed by atoms with Crippen molar-refractivity contribution in [1.82, 2.24) is 9.80 Å². The molecule has 2 saturated heterocycles. The minimum absolute atomic E-state index is 0.307. The van der Waals surface area contributed by atoms with E-state index in [4.69, 9.17) is 11.6 Å². The Morgan fingerprint density at radius 1 is 1.04 bits per heavy atom. The summed E-state index contributed by atoms with van der Waals surface area (Å²) in [6.45, 7) is 11.7. The molecule has 26 heavy (non-hydrogen) atoms. The van der Waals surface area contributed by atoms with Crippen LogP contribution in [0.4, 0.5) is 5.69 Å². The third-order valence-electron chi connectivity index (χ3n) is 5.87. The molecule has 2 aliphatic heterocycles. The van der Waals surface area contributed by atoms with Gasteiger partial charge in [-0.3, -0.25) is 9.69 Å². The molecular formula is C21H32ClN3O. The molecule has 4 nitrogen and oxygen atoms in total. The highest BCUT2D eigenvalue weighted by Crippen LogP contribution is 2.30. The third kappa shape index (κ3) is 5.37. The van der Waals surface area contributed by atoms with Gasteiger partial charge >= 0.3 is 0 Å². The zero-order valence-electron chi connectivity index (χ0n) is 16.2. The molecule has 144 valence electrons. The fraction of sp³-hybridized carbons (Fsp3) is 0.667. The van der Waals surface area contributed by atoms with Crippen LogP contribution in [-0.4, -0.2) is 61.5 Å². The molecule has 5 heteroatoms. The number of piperazine rings is 1. The number of amides is 1. The first kappa shape index (κ1) is 19.5. The molecule has 0 unspecified atom stereocenters. The van der Waals surface area contributed by atoms with Crippen LogP contribution in [0, 0.1) is 5.41 Å². The highest BCUT2D eigenvalue weighted by molar-refractivity contribution is 6.30. The first-order valence-electron chi connectivity index (χ1n) is 9.94. The summed E-state index contributed by atoms with van der Waals surface area (Å²) in [7, 11) is 0. The van der Waals surface area contributed by atoms with Crippen LogP contribution in [0.5, 0.6) is 0 Å². The fourth-order valence-electron chi connectivity index (χ4n) is 3.91. The molecule has 0 aromatic heterocycles. The van der Waals surface area contributed by atoms with Gasteiger partial charge in [-0.2, -0.15) is 0 Å². The quantitative estimate of drug-likeness (QED) is 0.778. The number of likely N-dealkylation sites (tertiary alicyclic amines) is 1. The van der Waals surface area contributed by atoms with Crippen molar-refractivity contribution in [2.45, 2.75) is 39.5 Å². The molecule has 0 bridgehead atoms. The predicted octanol–water partition coefficient (Wildman–Crippen LogP) is 3.89. The molecular weight excluding hydrogens is 346 g/mol. The summed E-state index contributed by atoms with van der Waals surface area (Å²) in [5.41, 5.74) is 1.52. The number of hydrogen-bond acceptors (Lipinski definition) is 3. The highest BCUT2D eigenvalue weighted by atomic mass is 35.5. The van der Waals surface area contributed by atoms with Gasteiger partial charge in [0, 0.05) is 56.4 Å². The van der Waals surface area contributed by atoms with Crippen LogP contribution in [0.3, 0.4) is 0 Å². The molecule has 2 fully saturated rings. The number of anilines is 1. The molecule has 0 saturated carbocycles. The Morgan fingerprint density at radius 2 is 1.81 bits per heavy atom. The predicted molar refractivity (Wildman–Crippen MR) is 109 cm³/mol. The van der Waals surface area contributed by atoms with E-state index in [1.165, 1.54) is 5.69 Å². The van der Waals surface area contributed by atoms with Gasteiger partial charge in [-0.1, -0.05) is 31.5 Å². The fourth-order valence-corrected chi connectivity index (χ4v) is 4.10. The molecule has 0 radical (unpaired) electrons. The van der Waals surface area contributed by atoms with Crippen LogP contribution in [0.25, 0.3) is 0 Å². The van der Waals surface area contributed by atoms with E-state index < -0.39 is 0 Å². The van der Waals surface area contributed by atoms with Crippen LogP contribution in [0.2, 0.25) is 5.02 Å². The van der Waals surface area contributed by atoms with Gasteiger partial charge in [0.25, 0.3) is 0 Å². The van der Waals surface area contributed by atoms with Gasteiger partial charge in [0.1, 0.15) is 0 Å². The minimum Gasteiger partial charge on any atom is -0.369 e. The zero-order valence-corrected chi connectivity index (χ0v) is 17.0. The second-order valence-electron chi connectivity index (χ2n) is 8.46. The molecule has 0 spiro atoms. The number of benzene rings is 1. The molecule has 3 rings (SSSR count). The van der Waals surface area contributed by atoms with Gasteiger partial charge in [-0.25, -0.2) is 0 Å². The summed E-state index contributed by atoms with van der Waals surface area (Å²) in [4.78, 5) is 19.3. The second kappa shape index (κ2) is 8.62. The summed E-state index contributed by atoms with van der Waals surface area (Å²) in [5.74, 6) is 0.348. The molecule has 1 aromatic rings. The summed E-state index contributed by atoms with van der Waals surface area (Å²) < 4.78 is 0. The van der Waals surface area contributed by atoms with E-state index in [2.05, 4.69) is 34.6 Å². The Kier molecular flexibility index (Phi) is 6.46. The van der Waals surface area contributed by atoms with Crippen molar-refractivity contribution in [3.05, 3.63) is 29.3 Å². The lowest BCUT2D eigenvalue weighted by atomic mass is 9.85. The van der Waals surface area contributed by atoms with E-state index in [9.17, 15) is 4.79 Å². The highest BCUT2D eigenvalue weighted by Gasteiger charge is 2.27. The number of hydrogen-bond donors (Lipinski definition) is 0. The minimum atomic E-state index is 0.307. The van der Waals surface area contributed by atoms with Crippen LogP contribution in [0.1, 0.15) is 39.5 Å². The van der Waals surface area contributed by atoms with Crippen molar-refractivity contribution in [3.8, 4) is 0 Å². The van der Waals surface area contributed by atoms with E-state index in [0.717, 1.165) is 70.1 Å². The Morgan fingerprint density at radius 3 is 2.54 bits per heavy atom. The maximum absolute atomic E-state index is 12.3. The van der Waals surface area contributed by atoms with Crippen LogP contribution in [-0.2, 0) is 4.79 Å². The molecule has 2 aliphatic rings. The van der Waals surface area contributed by atoms with Gasteiger partial charge < -0.3 is 9.80 Å². The standard InChI is InChI=1S/C21H32ClN3O/c1-21(2)8-7-20(26)25(12-9-21)11-4-10-23-13-15-24(16-14-23)19-6-3-5-18(22)17-19/h3,5-6,17H,4,7-16H2,1-2H3. The normalized spacial score (nSPS) is 21.7. The second-order valence-corrected chi connectivity index (χ2v) is 8.89. The number of nitrogens with zero attached hydrogens (tertiary/aromatic N) is 3. The van der Waals surface area contributed by atoms with E-state index in [-0.39, 0.29) is 0 Å².